The molecule has 134 valence electrons. The highest BCUT2D eigenvalue weighted by Gasteiger charge is 2.06. The molecule has 22 heavy (non-hydrogen) atoms. The summed E-state index contributed by atoms with van der Waals surface area (Å²) in [6.45, 7) is 5.52. The molecular weight excluding hydrogens is 268 g/mol. The average Bonchev–Trinajstić information content (AvgIpc) is 2.54. The topological polar surface area (TPSA) is 29.3 Å². The summed E-state index contributed by atoms with van der Waals surface area (Å²) in [5, 5.41) is 0. The van der Waals surface area contributed by atoms with Crippen molar-refractivity contribution in [1.82, 2.24) is 4.90 Å². The van der Waals surface area contributed by atoms with Crippen LogP contribution in [0.2, 0.25) is 0 Å². The Morgan fingerprint density at radius 3 is 1.36 bits per heavy atom. The Hall–Kier alpha value is -0.0800. The lowest BCUT2D eigenvalue weighted by molar-refractivity contribution is 0.242. The fraction of sp³-hybridized carbons (Fsp3) is 1.00. The molecule has 0 aliphatic heterocycles. The minimum Gasteiger partial charge on any atom is -0.316 e. The van der Waals surface area contributed by atoms with E-state index in [-0.39, 0.29) is 6.17 Å². The fourth-order valence-corrected chi connectivity index (χ4v) is 3.00. The third kappa shape index (κ3) is 14.8. The predicted molar refractivity (Wildman–Crippen MR) is 101 cm³/mol. The highest BCUT2D eigenvalue weighted by Crippen LogP contribution is 2.13. The van der Waals surface area contributed by atoms with Crippen LogP contribution in [0.15, 0.2) is 0 Å². The lowest BCUT2D eigenvalue weighted by Gasteiger charge is -2.22. The Balaban J connectivity index is 3.08. The molecule has 2 N–H and O–H groups in total. The van der Waals surface area contributed by atoms with Crippen LogP contribution in [0.5, 0.6) is 0 Å². The van der Waals surface area contributed by atoms with Crippen molar-refractivity contribution in [3.05, 3.63) is 0 Å². The second-order valence-electron chi connectivity index (χ2n) is 7.03. The standard InChI is InChI=1S/C20H44N2/c1-4-6-7-8-9-10-11-12-13-14-15-16-17-18-19-20(21)22(3)5-2/h20H,4-19,21H2,1-3H3. The molecule has 0 amide bonds. The number of hydrogen-bond donors (Lipinski definition) is 1. The second kappa shape index (κ2) is 17.3. The van der Waals surface area contributed by atoms with Gasteiger partial charge in [-0.2, -0.15) is 0 Å². The third-order valence-electron chi connectivity index (χ3n) is 4.92. The van der Waals surface area contributed by atoms with Gasteiger partial charge in [0.05, 0.1) is 6.17 Å². The Morgan fingerprint density at radius 2 is 1.00 bits per heavy atom. The molecular formula is C20H44N2. The monoisotopic (exact) mass is 312 g/mol. The molecule has 1 atom stereocenters. The molecule has 0 aliphatic carbocycles. The first-order chi connectivity index (χ1) is 10.7. The van der Waals surface area contributed by atoms with Gasteiger partial charge >= 0.3 is 0 Å². The zero-order chi connectivity index (χ0) is 16.5. The Kier molecular flexibility index (Phi) is 17.2. The first-order valence-electron chi connectivity index (χ1n) is 10.2. The van der Waals surface area contributed by atoms with Crippen molar-refractivity contribution in [3.63, 3.8) is 0 Å². The number of nitrogens with zero attached hydrogens (tertiary/aromatic N) is 1. The molecule has 0 bridgehead atoms. The van der Waals surface area contributed by atoms with E-state index in [1.54, 1.807) is 0 Å². The predicted octanol–water partition coefficient (Wildman–Crippen LogP) is 6.09. The minimum atomic E-state index is 0.266. The Morgan fingerprint density at radius 1 is 0.636 bits per heavy atom. The number of rotatable bonds is 17. The number of hydrogen-bond acceptors (Lipinski definition) is 2. The van der Waals surface area contributed by atoms with Gasteiger partial charge in [0.15, 0.2) is 0 Å². The molecule has 0 aromatic carbocycles. The molecule has 0 fully saturated rings. The van der Waals surface area contributed by atoms with E-state index in [1.165, 1.54) is 89.9 Å². The molecule has 1 unspecified atom stereocenters. The second-order valence-corrected chi connectivity index (χ2v) is 7.03. The SMILES string of the molecule is CCCCCCCCCCCCCCCCC(N)N(C)CC. The van der Waals surface area contributed by atoms with E-state index in [4.69, 9.17) is 5.73 Å². The largest absolute Gasteiger partial charge is 0.316 e. The fourth-order valence-electron chi connectivity index (χ4n) is 3.00. The first kappa shape index (κ1) is 21.9. The van der Waals surface area contributed by atoms with E-state index >= 15 is 0 Å². The molecule has 2 heteroatoms. The van der Waals surface area contributed by atoms with E-state index < -0.39 is 0 Å². The quantitative estimate of drug-likeness (QED) is 0.260. The minimum absolute atomic E-state index is 0.266. The molecule has 0 saturated carbocycles. The van der Waals surface area contributed by atoms with Crippen LogP contribution in [-0.2, 0) is 0 Å². The lowest BCUT2D eigenvalue weighted by Crippen LogP contribution is -2.38. The number of nitrogens with two attached hydrogens (primary N) is 1. The summed E-state index contributed by atoms with van der Waals surface area (Å²) in [5.74, 6) is 0. The zero-order valence-corrected chi connectivity index (χ0v) is 15.9. The van der Waals surface area contributed by atoms with Crippen molar-refractivity contribution in [2.24, 2.45) is 5.73 Å². The maximum Gasteiger partial charge on any atom is 0.0569 e. The van der Waals surface area contributed by atoms with E-state index in [2.05, 4.69) is 25.8 Å². The molecule has 2 nitrogen and oxygen atoms in total. The highest BCUT2D eigenvalue weighted by molar-refractivity contribution is 4.60. The molecule has 0 spiro atoms. The molecule has 0 saturated heterocycles. The third-order valence-corrected chi connectivity index (χ3v) is 4.92. The van der Waals surface area contributed by atoms with Gasteiger partial charge in [-0.3, -0.25) is 4.90 Å². The lowest BCUT2D eigenvalue weighted by atomic mass is 10.0. The van der Waals surface area contributed by atoms with Crippen molar-refractivity contribution in [2.45, 2.75) is 116 Å². The summed E-state index contributed by atoms with van der Waals surface area (Å²) in [7, 11) is 2.12. The van der Waals surface area contributed by atoms with Crippen molar-refractivity contribution < 1.29 is 0 Å². The van der Waals surface area contributed by atoms with Crippen molar-refractivity contribution >= 4 is 0 Å². The Bertz CT molecular complexity index is 206. The molecule has 0 rings (SSSR count). The Labute approximate surface area is 141 Å². The van der Waals surface area contributed by atoms with E-state index in [0.29, 0.717) is 0 Å². The van der Waals surface area contributed by atoms with Gasteiger partial charge in [0.25, 0.3) is 0 Å². The summed E-state index contributed by atoms with van der Waals surface area (Å²) in [4.78, 5) is 2.24. The molecule has 0 aromatic rings. The van der Waals surface area contributed by atoms with E-state index in [9.17, 15) is 0 Å². The maximum atomic E-state index is 6.10. The van der Waals surface area contributed by atoms with Crippen LogP contribution in [0.1, 0.15) is 110 Å². The van der Waals surface area contributed by atoms with Crippen molar-refractivity contribution in [3.8, 4) is 0 Å². The summed E-state index contributed by atoms with van der Waals surface area (Å²) in [6, 6.07) is 0. The van der Waals surface area contributed by atoms with Crippen LogP contribution in [0.3, 0.4) is 0 Å². The van der Waals surface area contributed by atoms with Gasteiger partial charge in [0.1, 0.15) is 0 Å². The van der Waals surface area contributed by atoms with Crippen LogP contribution in [-0.4, -0.2) is 24.7 Å². The van der Waals surface area contributed by atoms with Crippen molar-refractivity contribution in [1.29, 1.82) is 0 Å². The normalized spacial score (nSPS) is 13.0. The molecule has 0 heterocycles. The number of unbranched alkanes of at least 4 members (excludes halogenated alkanes) is 13. The summed E-state index contributed by atoms with van der Waals surface area (Å²) in [5.41, 5.74) is 6.10. The summed E-state index contributed by atoms with van der Waals surface area (Å²) < 4.78 is 0. The van der Waals surface area contributed by atoms with Crippen LogP contribution in [0, 0.1) is 0 Å². The van der Waals surface area contributed by atoms with Gasteiger partial charge in [0, 0.05) is 0 Å². The average molecular weight is 313 g/mol. The maximum absolute atomic E-state index is 6.10. The summed E-state index contributed by atoms with van der Waals surface area (Å²) >= 11 is 0. The van der Waals surface area contributed by atoms with Gasteiger partial charge in [0.2, 0.25) is 0 Å². The first-order valence-corrected chi connectivity index (χ1v) is 10.2. The van der Waals surface area contributed by atoms with Gasteiger partial charge < -0.3 is 5.73 Å². The molecule has 0 aromatic heterocycles. The van der Waals surface area contributed by atoms with Crippen LogP contribution >= 0.6 is 0 Å². The molecule has 0 aliphatic rings. The van der Waals surface area contributed by atoms with Gasteiger partial charge in [-0.05, 0) is 20.0 Å². The van der Waals surface area contributed by atoms with Gasteiger partial charge in [-0.15, -0.1) is 0 Å². The van der Waals surface area contributed by atoms with Crippen LogP contribution < -0.4 is 5.73 Å². The summed E-state index contributed by atoms with van der Waals surface area (Å²) in [6.07, 6.45) is 21.4. The zero-order valence-electron chi connectivity index (χ0n) is 15.9. The smallest absolute Gasteiger partial charge is 0.0569 e. The van der Waals surface area contributed by atoms with Gasteiger partial charge in [-0.25, -0.2) is 0 Å². The van der Waals surface area contributed by atoms with Gasteiger partial charge in [-0.1, -0.05) is 104 Å². The molecule has 0 radical (unpaired) electrons. The van der Waals surface area contributed by atoms with Crippen LogP contribution in [0.4, 0.5) is 0 Å². The van der Waals surface area contributed by atoms with E-state index in [1.807, 2.05) is 0 Å². The van der Waals surface area contributed by atoms with Crippen LogP contribution in [0.25, 0.3) is 0 Å². The van der Waals surface area contributed by atoms with E-state index in [0.717, 1.165) is 13.0 Å². The van der Waals surface area contributed by atoms with Crippen molar-refractivity contribution in [2.75, 3.05) is 13.6 Å². The highest BCUT2D eigenvalue weighted by atomic mass is 15.2.